The van der Waals surface area contributed by atoms with Crippen LogP contribution in [0.3, 0.4) is 0 Å². The lowest BCUT2D eigenvalue weighted by molar-refractivity contribution is 0.660. The van der Waals surface area contributed by atoms with Gasteiger partial charge < -0.3 is 9.32 Å². The summed E-state index contributed by atoms with van der Waals surface area (Å²) >= 11 is 0. The summed E-state index contributed by atoms with van der Waals surface area (Å²) in [5.74, 6) is 0. The Morgan fingerprint density at radius 2 is 0.927 bits per heavy atom. The molecule has 9 aromatic rings. The zero-order chi connectivity index (χ0) is 37.1. The van der Waals surface area contributed by atoms with Gasteiger partial charge in [0.2, 0.25) is 0 Å². The van der Waals surface area contributed by atoms with Crippen molar-refractivity contribution < 1.29 is 4.42 Å². The molecule has 0 amide bonds. The quantitative estimate of drug-likeness (QED) is 0.161. The molecule has 8 aromatic carbocycles. The maximum atomic E-state index is 7.54. The number of anilines is 3. The van der Waals surface area contributed by atoms with Crippen molar-refractivity contribution >= 4 is 44.7 Å². The summed E-state index contributed by atoms with van der Waals surface area (Å²) in [5, 5.41) is 2.28. The average Bonchev–Trinajstić information content (AvgIpc) is 3.72. The van der Waals surface area contributed by atoms with Crippen LogP contribution >= 0.6 is 0 Å². The van der Waals surface area contributed by atoms with Gasteiger partial charge in [-0.2, -0.15) is 0 Å². The molecule has 1 heterocycles. The van der Waals surface area contributed by atoms with E-state index in [9.17, 15) is 0 Å². The number of rotatable bonds is 6. The lowest BCUT2D eigenvalue weighted by Crippen LogP contribution is -2.16. The maximum Gasteiger partial charge on any atom is 0.187 e. The predicted molar refractivity (Wildman–Crippen MR) is 229 cm³/mol. The second kappa shape index (κ2) is 12.8. The molecule has 0 unspecified atom stereocenters. The molecular formula is C52H36N2O. The SMILES string of the molecule is [C-]#[N+]c1ccc(N(c2ccc(-c3ccc(-c4ccc5c(c4)oc4ccccc45)cc3)cc2)c2ccc3c(c2)C(C)(C)c2cc(-c4ccccc4)ccc2-3)cc1. The number of benzene rings is 8. The Bertz CT molecular complexity index is 2930. The Hall–Kier alpha value is -7.15. The smallest absolute Gasteiger partial charge is 0.187 e. The highest BCUT2D eigenvalue weighted by atomic mass is 16.3. The molecule has 1 aromatic heterocycles. The van der Waals surface area contributed by atoms with E-state index in [0.717, 1.165) is 61.3 Å². The Morgan fingerprint density at radius 3 is 1.64 bits per heavy atom. The largest absolute Gasteiger partial charge is 0.456 e. The van der Waals surface area contributed by atoms with E-state index in [0.29, 0.717) is 5.69 Å². The Morgan fingerprint density at radius 1 is 0.436 bits per heavy atom. The fourth-order valence-corrected chi connectivity index (χ4v) is 8.36. The zero-order valence-electron chi connectivity index (χ0n) is 30.6. The van der Waals surface area contributed by atoms with Crippen LogP contribution in [0.2, 0.25) is 0 Å². The van der Waals surface area contributed by atoms with Crippen LogP contribution in [-0.4, -0.2) is 0 Å². The van der Waals surface area contributed by atoms with Gasteiger partial charge in [0.1, 0.15) is 11.2 Å². The van der Waals surface area contributed by atoms with Crippen LogP contribution in [0, 0.1) is 6.57 Å². The predicted octanol–water partition coefficient (Wildman–Crippen LogP) is 14.9. The molecule has 0 atom stereocenters. The van der Waals surface area contributed by atoms with Crippen molar-refractivity contribution in [2.45, 2.75) is 19.3 Å². The summed E-state index contributed by atoms with van der Waals surface area (Å²) in [6, 6.07) is 64.5. The Kier molecular flexibility index (Phi) is 7.54. The molecular weight excluding hydrogens is 669 g/mol. The van der Waals surface area contributed by atoms with E-state index in [-0.39, 0.29) is 5.41 Å². The summed E-state index contributed by atoms with van der Waals surface area (Å²) in [5.41, 5.74) is 17.7. The minimum Gasteiger partial charge on any atom is -0.456 e. The molecule has 0 fully saturated rings. The molecule has 0 aliphatic heterocycles. The molecule has 0 saturated heterocycles. The number of hydrogen-bond acceptors (Lipinski definition) is 2. The zero-order valence-corrected chi connectivity index (χ0v) is 30.6. The van der Waals surface area contributed by atoms with E-state index in [1.165, 1.54) is 33.4 Å². The summed E-state index contributed by atoms with van der Waals surface area (Å²) < 4.78 is 6.16. The van der Waals surface area contributed by atoms with Gasteiger partial charge in [-0.05, 0) is 116 Å². The first-order chi connectivity index (χ1) is 26.9. The normalized spacial score (nSPS) is 12.7. The third-order valence-corrected chi connectivity index (χ3v) is 11.3. The topological polar surface area (TPSA) is 20.7 Å². The molecule has 1 aliphatic carbocycles. The van der Waals surface area contributed by atoms with E-state index in [4.69, 9.17) is 11.0 Å². The van der Waals surface area contributed by atoms with Crippen LogP contribution in [0.4, 0.5) is 22.7 Å². The van der Waals surface area contributed by atoms with Crippen LogP contribution in [0.25, 0.3) is 71.3 Å². The number of fused-ring (bicyclic) bond motifs is 6. The molecule has 3 nitrogen and oxygen atoms in total. The fourth-order valence-electron chi connectivity index (χ4n) is 8.36. The minimum atomic E-state index is -0.182. The number of nitrogens with zero attached hydrogens (tertiary/aromatic N) is 2. The molecule has 1 aliphatic rings. The van der Waals surface area contributed by atoms with Gasteiger partial charge in [-0.25, -0.2) is 4.85 Å². The monoisotopic (exact) mass is 704 g/mol. The second-order valence-electron chi connectivity index (χ2n) is 14.9. The van der Waals surface area contributed by atoms with Crippen molar-refractivity contribution in [2.75, 3.05) is 4.90 Å². The third-order valence-electron chi connectivity index (χ3n) is 11.3. The van der Waals surface area contributed by atoms with Gasteiger partial charge in [0, 0.05) is 33.2 Å². The van der Waals surface area contributed by atoms with Crippen LogP contribution < -0.4 is 4.90 Å². The van der Waals surface area contributed by atoms with Crippen molar-refractivity contribution in [3.63, 3.8) is 0 Å². The first-order valence-corrected chi connectivity index (χ1v) is 18.7. The molecule has 55 heavy (non-hydrogen) atoms. The van der Waals surface area contributed by atoms with E-state index in [1.807, 2.05) is 36.4 Å². The molecule has 0 bridgehead atoms. The van der Waals surface area contributed by atoms with Gasteiger partial charge in [0.15, 0.2) is 5.69 Å². The molecule has 10 rings (SSSR count). The Balaban J connectivity index is 0.978. The first-order valence-electron chi connectivity index (χ1n) is 18.7. The van der Waals surface area contributed by atoms with Gasteiger partial charge in [-0.15, -0.1) is 0 Å². The van der Waals surface area contributed by atoms with Crippen LogP contribution in [0.1, 0.15) is 25.0 Å². The van der Waals surface area contributed by atoms with E-state index >= 15 is 0 Å². The van der Waals surface area contributed by atoms with Crippen LogP contribution in [-0.2, 0) is 5.41 Å². The number of para-hydroxylation sites is 1. The Labute approximate surface area is 321 Å². The summed E-state index contributed by atoms with van der Waals surface area (Å²) in [7, 11) is 0. The molecule has 0 saturated carbocycles. The molecule has 0 radical (unpaired) electrons. The minimum absolute atomic E-state index is 0.182. The fraction of sp³-hybridized carbons (Fsp3) is 0.0577. The third kappa shape index (κ3) is 5.50. The number of hydrogen-bond donors (Lipinski definition) is 0. The highest BCUT2D eigenvalue weighted by molar-refractivity contribution is 6.06. The first kappa shape index (κ1) is 32.5. The maximum absolute atomic E-state index is 7.54. The van der Waals surface area contributed by atoms with E-state index in [1.54, 1.807) is 0 Å². The van der Waals surface area contributed by atoms with Crippen LogP contribution in [0.15, 0.2) is 186 Å². The van der Waals surface area contributed by atoms with Crippen molar-refractivity contribution in [1.29, 1.82) is 0 Å². The van der Waals surface area contributed by atoms with Gasteiger partial charge in [0.25, 0.3) is 0 Å². The highest BCUT2D eigenvalue weighted by Crippen LogP contribution is 2.51. The highest BCUT2D eigenvalue weighted by Gasteiger charge is 2.36. The van der Waals surface area contributed by atoms with E-state index < -0.39 is 0 Å². The molecule has 0 spiro atoms. The molecule has 260 valence electrons. The van der Waals surface area contributed by atoms with Crippen LogP contribution in [0.5, 0.6) is 0 Å². The van der Waals surface area contributed by atoms with Crippen molar-refractivity contribution in [3.05, 3.63) is 205 Å². The second-order valence-corrected chi connectivity index (χ2v) is 14.9. The van der Waals surface area contributed by atoms with Gasteiger partial charge in [-0.3, -0.25) is 0 Å². The van der Waals surface area contributed by atoms with Crippen molar-refractivity contribution in [3.8, 4) is 44.5 Å². The lowest BCUT2D eigenvalue weighted by Gasteiger charge is -2.28. The van der Waals surface area contributed by atoms with Gasteiger partial charge >= 0.3 is 0 Å². The summed E-state index contributed by atoms with van der Waals surface area (Å²) in [4.78, 5) is 5.95. The summed E-state index contributed by atoms with van der Waals surface area (Å²) in [6.07, 6.45) is 0. The molecule has 3 heteroatoms. The van der Waals surface area contributed by atoms with Gasteiger partial charge in [-0.1, -0.05) is 135 Å². The molecule has 0 N–H and O–H groups in total. The van der Waals surface area contributed by atoms with Gasteiger partial charge in [0.05, 0.1) is 6.57 Å². The van der Waals surface area contributed by atoms with E-state index in [2.05, 4.69) is 169 Å². The van der Waals surface area contributed by atoms with Crippen molar-refractivity contribution in [2.24, 2.45) is 0 Å². The number of furan rings is 1. The average molecular weight is 705 g/mol. The van der Waals surface area contributed by atoms with Crippen molar-refractivity contribution in [1.82, 2.24) is 0 Å². The standard InChI is InChI=1S/C52H36N2O/c1-52(2)48-31-38(34-9-5-4-6-10-34)19-28-44(48)45-30-27-43(33-49(45)52)54(42-25-21-40(53-3)22-26-42)41-23-17-36(18-24-41)35-13-15-37(16-14-35)39-20-29-47-46-11-7-8-12-50(46)55-51(47)32-39/h4-33H,1-2H3. The summed E-state index contributed by atoms with van der Waals surface area (Å²) in [6.45, 7) is 12.2. The lowest BCUT2D eigenvalue weighted by atomic mass is 9.81.